The first kappa shape index (κ1) is 14.9. The van der Waals surface area contributed by atoms with Crippen molar-refractivity contribution in [3.8, 4) is 0 Å². The molecular formula is C12H24N2O2. The summed E-state index contributed by atoms with van der Waals surface area (Å²) in [6.07, 6.45) is 0.805. The Bertz CT molecular complexity index is 270. The summed E-state index contributed by atoms with van der Waals surface area (Å²) in [5.74, 6) is -0.0502. The molecule has 0 atom stereocenters. The van der Waals surface area contributed by atoms with E-state index in [1.165, 1.54) is 13.8 Å². The fourth-order valence-electron chi connectivity index (χ4n) is 2.14. The number of hydrogen-bond acceptors (Lipinski definition) is 2. The van der Waals surface area contributed by atoms with Gasteiger partial charge in [0.2, 0.25) is 11.8 Å². The van der Waals surface area contributed by atoms with Crippen LogP contribution in [0.25, 0.3) is 0 Å². The van der Waals surface area contributed by atoms with Crippen LogP contribution in [0, 0.1) is 5.41 Å². The molecule has 0 aromatic rings. The quantitative estimate of drug-likeness (QED) is 0.748. The minimum Gasteiger partial charge on any atom is -0.356 e. The van der Waals surface area contributed by atoms with E-state index in [1.54, 1.807) is 0 Å². The molecule has 0 aliphatic rings. The highest BCUT2D eigenvalue weighted by atomic mass is 16.2. The summed E-state index contributed by atoms with van der Waals surface area (Å²) < 4.78 is 0. The topological polar surface area (TPSA) is 58.2 Å². The molecule has 0 bridgehead atoms. The molecule has 0 heterocycles. The van der Waals surface area contributed by atoms with Crippen LogP contribution >= 0.6 is 0 Å². The lowest BCUT2D eigenvalue weighted by Crippen LogP contribution is -2.47. The Kier molecular flexibility index (Phi) is 4.97. The van der Waals surface area contributed by atoms with E-state index in [9.17, 15) is 9.59 Å². The van der Waals surface area contributed by atoms with Crippen LogP contribution in [0.5, 0.6) is 0 Å². The fraction of sp³-hybridized carbons (Fsp3) is 0.833. The molecule has 0 rings (SSSR count). The lowest BCUT2D eigenvalue weighted by atomic mass is 9.80. The van der Waals surface area contributed by atoms with Gasteiger partial charge in [0.1, 0.15) is 0 Å². The van der Waals surface area contributed by atoms with Crippen molar-refractivity contribution in [2.75, 3.05) is 6.54 Å². The molecule has 2 N–H and O–H groups in total. The van der Waals surface area contributed by atoms with Crippen molar-refractivity contribution in [2.24, 2.45) is 5.41 Å². The van der Waals surface area contributed by atoms with Gasteiger partial charge in [-0.15, -0.1) is 0 Å². The van der Waals surface area contributed by atoms with E-state index >= 15 is 0 Å². The molecule has 0 aliphatic heterocycles. The summed E-state index contributed by atoms with van der Waals surface area (Å²) in [6.45, 7) is 11.8. The zero-order valence-electron chi connectivity index (χ0n) is 11.2. The van der Waals surface area contributed by atoms with Gasteiger partial charge in [-0.1, -0.05) is 13.8 Å². The van der Waals surface area contributed by atoms with E-state index in [1.807, 2.05) is 13.8 Å². The lowest BCUT2D eigenvalue weighted by molar-refractivity contribution is -0.121. The lowest BCUT2D eigenvalue weighted by Gasteiger charge is -2.35. The van der Waals surface area contributed by atoms with Crippen molar-refractivity contribution >= 4 is 11.8 Å². The number of nitrogens with one attached hydrogen (secondary N) is 2. The van der Waals surface area contributed by atoms with Crippen molar-refractivity contribution in [3.63, 3.8) is 0 Å². The molecule has 0 radical (unpaired) electrons. The third-order valence-corrected chi connectivity index (χ3v) is 2.25. The normalized spacial score (nSPS) is 12.1. The summed E-state index contributed by atoms with van der Waals surface area (Å²) in [5.41, 5.74) is -0.300. The second-order valence-electron chi connectivity index (χ2n) is 5.82. The molecule has 0 aromatic heterocycles. The summed E-state index contributed by atoms with van der Waals surface area (Å²) in [5, 5.41) is 5.72. The molecule has 0 aliphatic carbocycles. The van der Waals surface area contributed by atoms with Gasteiger partial charge in [-0.25, -0.2) is 0 Å². The van der Waals surface area contributed by atoms with E-state index < -0.39 is 0 Å². The largest absolute Gasteiger partial charge is 0.356 e. The molecule has 0 unspecified atom stereocenters. The molecule has 0 saturated heterocycles. The second kappa shape index (κ2) is 5.32. The third-order valence-electron chi connectivity index (χ3n) is 2.25. The minimum atomic E-state index is -0.256. The smallest absolute Gasteiger partial charge is 0.217 e. The van der Waals surface area contributed by atoms with E-state index in [0.717, 1.165) is 6.42 Å². The maximum atomic E-state index is 11.0. The van der Waals surface area contributed by atoms with E-state index in [2.05, 4.69) is 24.5 Å². The highest BCUT2D eigenvalue weighted by molar-refractivity contribution is 5.73. The van der Waals surface area contributed by atoms with Crippen molar-refractivity contribution in [1.82, 2.24) is 10.6 Å². The average Bonchev–Trinajstić information content (AvgIpc) is 1.95. The Balaban J connectivity index is 4.32. The first-order valence-corrected chi connectivity index (χ1v) is 5.57. The van der Waals surface area contributed by atoms with E-state index in [4.69, 9.17) is 0 Å². The molecular weight excluding hydrogens is 204 g/mol. The van der Waals surface area contributed by atoms with Crippen LogP contribution in [0.2, 0.25) is 0 Å². The zero-order chi connectivity index (χ0) is 13.0. The Morgan fingerprint density at radius 3 is 1.88 bits per heavy atom. The van der Waals surface area contributed by atoms with Gasteiger partial charge in [0.15, 0.2) is 0 Å². The van der Waals surface area contributed by atoms with Crippen molar-refractivity contribution in [1.29, 1.82) is 0 Å². The molecule has 16 heavy (non-hydrogen) atoms. The van der Waals surface area contributed by atoms with Crippen molar-refractivity contribution in [2.45, 2.75) is 53.5 Å². The molecule has 4 heteroatoms. The van der Waals surface area contributed by atoms with Gasteiger partial charge < -0.3 is 10.6 Å². The summed E-state index contributed by atoms with van der Waals surface area (Å²) >= 11 is 0. The Labute approximate surface area is 98.2 Å². The SMILES string of the molecule is CC(=O)NCC(C)(C)CC(C)(C)NC(C)=O. The van der Waals surface area contributed by atoms with Gasteiger partial charge in [-0.2, -0.15) is 0 Å². The zero-order valence-corrected chi connectivity index (χ0v) is 11.2. The standard InChI is InChI=1S/C12H24N2O2/c1-9(15)13-8-11(3,4)7-12(5,6)14-10(2)16/h7-8H2,1-6H3,(H,13,15)(H,14,16). The summed E-state index contributed by atoms with van der Waals surface area (Å²) in [4.78, 5) is 21.9. The van der Waals surface area contributed by atoms with Crippen LogP contribution in [0.15, 0.2) is 0 Å². The number of carbonyl (C=O) groups excluding carboxylic acids is 2. The van der Waals surface area contributed by atoms with Gasteiger partial charge in [-0.05, 0) is 25.7 Å². The van der Waals surface area contributed by atoms with Gasteiger partial charge >= 0.3 is 0 Å². The van der Waals surface area contributed by atoms with E-state index in [0.29, 0.717) is 6.54 Å². The van der Waals surface area contributed by atoms with Crippen molar-refractivity contribution in [3.05, 3.63) is 0 Å². The van der Waals surface area contributed by atoms with Crippen LogP contribution in [-0.2, 0) is 9.59 Å². The molecule has 0 saturated carbocycles. The average molecular weight is 228 g/mol. The number of amides is 2. The van der Waals surface area contributed by atoms with Gasteiger partial charge in [0, 0.05) is 25.9 Å². The second-order valence-corrected chi connectivity index (χ2v) is 5.82. The van der Waals surface area contributed by atoms with Gasteiger partial charge in [0.05, 0.1) is 0 Å². The first-order chi connectivity index (χ1) is 7.04. The Morgan fingerprint density at radius 1 is 1.00 bits per heavy atom. The molecule has 0 fully saturated rings. The highest BCUT2D eigenvalue weighted by Gasteiger charge is 2.29. The van der Waals surface area contributed by atoms with Crippen LogP contribution in [0.4, 0.5) is 0 Å². The molecule has 0 aromatic carbocycles. The molecule has 2 amide bonds. The summed E-state index contributed by atoms with van der Waals surface area (Å²) in [6, 6.07) is 0. The van der Waals surface area contributed by atoms with Gasteiger partial charge in [-0.3, -0.25) is 9.59 Å². The highest BCUT2D eigenvalue weighted by Crippen LogP contribution is 2.27. The summed E-state index contributed by atoms with van der Waals surface area (Å²) in [7, 11) is 0. The maximum absolute atomic E-state index is 11.0. The minimum absolute atomic E-state index is 0.0228. The molecule has 4 nitrogen and oxygen atoms in total. The Morgan fingerprint density at radius 2 is 1.50 bits per heavy atom. The fourth-order valence-corrected chi connectivity index (χ4v) is 2.14. The first-order valence-electron chi connectivity index (χ1n) is 5.57. The molecule has 0 spiro atoms. The van der Waals surface area contributed by atoms with Gasteiger partial charge in [0.25, 0.3) is 0 Å². The predicted molar refractivity (Wildman–Crippen MR) is 65.0 cm³/mol. The maximum Gasteiger partial charge on any atom is 0.217 e. The van der Waals surface area contributed by atoms with Crippen LogP contribution < -0.4 is 10.6 Å². The van der Waals surface area contributed by atoms with Crippen molar-refractivity contribution < 1.29 is 9.59 Å². The number of carbonyl (C=O) groups is 2. The third kappa shape index (κ3) is 7.26. The number of hydrogen-bond donors (Lipinski definition) is 2. The Hall–Kier alpha value is -1.06. The molecule has 94 valence electrons. The monoisotopic (exact) mass is 228 g/mol. The van der Waals surface area contributed by atoms with E-state index in [-0.39, 0.29) is 22.8 Å². The van der Waals surface area contributed by atoms with Crippen LogP contribution in [0.1, 0.15) is 48.0 Å². The van der Waals surface area contributed by atoms with Crippen LogP contribution in [0.3, 0.4) is 0 Å². The predicted octanol–water partition coefficient (Wildman–Crippen LogP) is 1.45. The number of rotatable bonds is 5. The van der Waals surface area contributed by atoms with Crippen LogP contribution in [-0.4, -0.2) is 23.9 Å².